The van der Waals surface area contributed by atoms with Gasteiger partial charge in [0.2, 0.25) is 5.91 Å². The summed E-state index contributed by atoms with van der Waals surface area (Å²) in [6.45, 7) is 2.25. The summed E-state index contributed by atoms with van der Waals surface area (Å²) >= 11 is 1.07. The van der Waals surface area contributed by atoms with E-state index in [1.165, 1.54) is 6.07 Å². The van der Waals surface area contributed by atoms with E-state index in [1.54, 1.807) is 5.38 Å². The van der Waals surface area contributed by atoms with Crippen LogP contribution in [0.4, 0.5) is 8.78 Å². The smallest absolute Gasteiger partial charge is 0.387 e. The molecule has 1 aliphatic heterocycles. The predicted molar refractivity (Wildman–Crippen MR) is 87.5 cm³/mol. The van der Waals surface area contributed by atoms with Gasteiger partial charge in [-0.15, -0.1) is 11.3 Å². The minimum absolute atomic E-state index is 0.0675. The largest absolute Gasteiger partial charge is 0.433 e. The van der Waals surface area contributed by atoms with E-state index < -0.39 is 12.5 Å². The molecule has 1 aromatic heterocycles. The lowest BCUT2D eigenvalue weighted by Crippen LogP contribution is -2.46. The van der Waals surface area contributed by atoms with Crippen LogP contribution in [0.25, 0.3) is 0 Å². The molecule has 0 bridgehead atoms. The first kappa shape index (κ1) is 18.6. The molecule has 1 aromatic rings. The first-order valence-electron chi connectivity index (χ1n) is 7.97. The molecule has 2 heterocycles. The fraction of sp³-hybridized carbons (Fsp3) is 0.625. The number of carbonyl (C=O) groups is 2. The molecule has 0 aliphatic carbocycles. The molecule has 0 unspecified atom stereocenters. The van der Waals surface area contributed by atoms with Gasteiger partial charge >= 0.3 is 6.61 Å². The van der Waals surface area contributed by atoms with Crippen molar-refractivity contribution in [2.24, 2.45) is 5.92 Å². The number of amides is 2. The van der Waals surface area contributed by atoms with Crippen LogP contribution in [-0.4, -0.2) is 42.5 Å². The number of halogens is 2. The number of carbonyl (C=O) groups excluding carboxylic acids is 2. The average Bonchev–Trinajstić information content (AvgIpc) is 2.94. The highest BCUT2D eigenvalue weighted by Gasteiger charge is 2.26. The van der Waals surface area contributed by atoms with E-state index in [2.05, 4.69) is 10.1 Å². The van der Waals surface area contributed by atoms with Crippen LogP contribution < -0.4 is 10.1 Å². The maximum atomic E-state index is 12.3. The minimum atomic E-state index is -2.96. The Morgan fingerprint density at radius 3 is 2.62 bits per heavy atom. The summed E-state index contributed by atoms with van der Waals surface area (Å²) in [6, 6.07) is 1.29. The highest BCUT2D eigenvalue weighted by Crippen LogP contribution is 2.26. The van der Waals surface area contributed by atoms with Crippen molar-refractivity contribution >= 4 is 23.2 Å². The number of likely N-dealkylation sites (tertiary alicyclic amines) is 1. The van der Waals surface area contributed by atoms with Gasteiger partial charge in [0.1, 0.15) is 10.6 Å². The van der Waals surface area contributed by atoms with E-state index in [0.717, 1.165) is 11.3 Å². The zero-order valence-electron chi connectivity index (χ0n) is 13.8. The van der Waals surface area contributed by atoms with Gasteiger partial charge in [-0.25, -0.2) is 0 Å². The van der Waals surface area contributed by atoms with Crippen LogP contribution >= 0.6 is 11.3 Å². The average molecular weight is 360 g/mol. The number of alkyl halides is 2. The lowest BCUT2D eigenvalue weighted by atomic mass is 10.0. The number of nitrogens with zero attached hydrogens (tertiary/aromatic N) is 1. The maximum Gasteiger partial charge on any atom is 0.387 e. The summed E-state index contributed by atoms with van der Waals surface area (Å²) in [5.74, 6) is -0.0488. The first-order valence-corrected chi connectivity index (χ1v) is 8.85. The standard InChI is InChI=1S/C16H22F2N2O3S/c1-10(2)9-13(21)20-6-3-11(4-7-20)19-15(22)14-12(5-8-24-14)23-16(17)18/h5,8,10-11,16H,3-4,6-7,9H2,1-2H3,(H,19,22). The fourth-order valence-electron chi connectivity index (χ4n) is 2.65. The topological polar surface area (TPSA) is 58.6 Å². The third kappa shape index (κ3) is 5.15. The zero-order valence-corrected chi connectivity index (χ0v) is 14.6. The molecular weight excluding hydrogens is 338 g/mol. The van der Waals surface area contributed by atoms with Gasteiger partial charge in [0.15, 0.2) is 0 Å². The van der Waals surface area contributed by atoms with E-state index in [9.17, 15) is 18.4 Å². The number of nitrogens with one attached hydrogen (secondary N) is 1. The Kier molecular flexibility index (Phi) is 6.53. The summed E-state index contributed by atoms with van der Waals surface area (Å²) in [5, 5.41) is 4.39. The Hall–Kier alpha value is -1.70. The van der Waals surface area contributed by atoms with Crippen molar-refractivity contribution in [2.75, 3.05) is 13.1 Å². The molecule has 0 spiro atoms. The molecule has 8 heteroatoms. The number of piperidine rings is 1. The summed E-state index contributed by atoms with van der Waals surface area (Å²) in [4.78, 5) is 26.2. The molecule has 2 amide bonds. The molecule has 2 rings (SSSR count). The van der Waals surface area contributed by atoms with E-state index in [-0.39, 0.29) is 22.6 Å². The SMILES string of the molecule is CC(C)CC(=O)N1CCC(NC(=O)c2sccc2OC(F)F)CC1. The molecule has 1 fully saturated rings. The van der Waals surface area contributed by atoms with Crippen LogP contribution in [0.3, 0.4) is 0 Å². The first-order chi connectivity index (χ1) is 11.4. The molecule has 0 radical (unpaired) electrons. The number of hydrogen-bond donors (Lipinski definition) is 1. The van der Waals surface area contributed by atoms with Crippen LogP contribution in [0, 0.1) is 5.92 Å². The molecule has 1 aliphatic rings. The quantitative estimate of drug-likeness (QED) is 0.848. The van der Waals surface area contributed by atoms with Gasteiger partial charge in [-0.1, -0.05) is 13.8 Å². The molecule has 134 valence electrons. The van der Waals surface area contributed by atoms with Crippen molar-refractivity contribution in [1.29, 1.82) is 0 Å². The lowest BCUT2D eigenvalue weighted by molar-refractivity contribution is -0.133. The Morgan fingerprint density at radius 2 is 2.04 bits per heavy atom. The molecule has 0 aromatic carbocycles. The monoisotopic (exact) mass is 360 g/mol. The van der Waals surface area contributed by atoms with Crippen molar-refractivity contribution in [3.8, 4) is 5.75 Å². The van der Waals surface area contributed by atoms with Crippen molar-refractivity contribution < 1.29 is 23.1 Å². The van der Waals surface area contributed by atoms with E-state index in [4.69, 9.17) is 0 Å². The second kappa shape index (κ2) is 8.41. The molecule has 24 heavy (non-hydrogen) atoms. The zero-order chi connectivity index (χ0) is 17.7. The van der Waals surface area contributed by atoms with Crippen molar-refractivity contribution in [2.45, 2.75) is 45.8 Å². The van der Waals surface area contributed by atoms with Gasteiger partial charge < -0.3 is 15.0 Å². The second-order valence-corrected chi connectivity index (χ2v) is 7.14. The maximum absolute atomic E-state index is 12.3. The van der Waals surface area contributed by atoms with Crippen LogP contribution in [0.5, 0.6) is 5.75 Å². The summed E-state index contributed by atoms with van der Waals surface area (Å²) in [7, 11) is 0. The summed E-state index contributed by atoms with van der Waals surface area (Å²) in [5.41, 5.74) is 0. The third-order valence-corrected chi connectivity index (χ3v) is 4.71. The van der Waals surface area contributed by atoms with E-state index >= 15 is 0 Å². The Labute approximate surface area is 144 Å². The molecule has 1 N–H and O–H groups in total. The lowest BCUT2D eigenvalue weighted by Gasteiger charge is -2.32. The van der Waals surface area contributed by atoms with Gasteiger partial charge in [-0.2, -0.15) is 8.78 Å². The van der Waals surface area contributed by atoms with Crippen molar-refractivity contribution in [3.05, 3.63) is 16.3 Å². The van der Waals surface area contributed by atoms with Crippen molar-refractivity contribution in [1.82, 2.24) is 10.2 Å². The highest BCUT2D eigenvalue weighted by molar-refractivity contribution is 7.12. The van der Waals surface area contributed by atoms with Gasteiger partial charge in [-0.3, -0.25) is 9.59 Å². The van der Waals surface area contributed by atoms with Gasteiger partial charge in [0, 0.05) is 25.6 Å². The second-order valence-electron chi connectivity index (χ2n) is 6.22. The van der Waals surface area contributed by atoms with Gasteiger partial charge in [0.05, 0.1) is 0 Å². The molecular formula is C16H22F2N2O3S. The Balaban J connectivity index is 1.84. The summed E-state index contributed by atoms with van der Waals surface area (Å²) in [6.07, 6.45) is 1.85. The Morgan fingerprint density at radius 1 is 1.38 bits per heavy atom. The molecule has 0 saturated carbocycles. The van der Waals surface area contributed by atoms with E-state index in [1.807, 2.05) is 18.7 Å². The van der Waals surface area contributed by atoms with Crippen molar-refractivity contribution in [3.63, 3.8) is 0 Å². The number of hydrogen-bond acceptors (Lipinski definition) is 4. The van der Waals surface area contributed by atoms with Crippen LogP contribution in [0.2, 0.25) is 0 Å². The van der Waals surface area contributed by atoms with E-state index in [0.29, 0.717) is 38.3 Å². The van der Waals surface area contributed by atoms with Gasteiger partial charge in [0.25, 0.3) is 5.91 Å². The number of ether oxygens (including phenoxy) is 1. The predicted octanol–water partition coefficient (Wildman–Crippen LogP) is 3.12. The highest BCUT2D eigenvalue weighted by atomic mass is 32.1. The van der Waals surface area contributed by atoms with Crippen LogP contribution in [0.1, 0.15) is 42.8 Å². The number of rotatable bonds is 6. The minimum Gasteiger partial charge on any atom is -0.433 e. The molecule has 5 nitrogen and oxygen atoms in total. The van der Waals surface area contributed by atoms with Crippen LogP contribution in [-0.2, 0) is 4.79 Å². The third-order valence-electron chi connectivity index (χ3n) is 3.82. The normalized spacial score (nSPS) is 15.8. The van der Waals surface area contributed by atoms with Gasteiger partial charge in [-0.05, 0) is 30.2 Å². The van der Waals surface area contributed by atoms with Crippen LogP contribution in [0.15, 0.2) is 11.4 Å². The summed E-state index contributed by atoms with van der Waals surface area (Å²) < 4.78 is 29.0. The molecule has 0 atom stereocenters. The fourth-order valence-corrected chi connectivity index (χ4v) is 3.38. The molecule has 1 saturated heterocycles. The Bertz CT molecular complexity index is 569. The number of thiophene rings is 1.